The van der Waals surface area contributed by atoms with Gasteiger partial charge in [-0.1, -0.05) is 36.4 Å². The Labute approximate surface area is 176 Å². The zero-order valence-electron chi connectivity index (χ0n) is 17.3. The number of aryl methyl sites for hydroxylation is 1. The molecule has 0 spiro atoms. The average molecular weight is 403 g/mol. The standard InChI is InChI=1S/C23H26N6O/c1-27(16-18-8-4-3-5-9-18)23(30)22-20(29-13-7-6-10-21(29)26-22)15-24-12-11-19-14-25-28(2)17-19/h3-10,13-14,17,24H,11-12,15-16H2,1-2H3. The Bertz CT molecular complexity index is 1130. The molecule has 3 heterocycles. The number of aromatic nitrogens is 4. The van der Waals surface area contributed by atoms with Crippen molar-refractivity contribution in [2.45, 2.75) is 19.5 Å². The Morgan fingerprint density at radius 1 is 1.10 bits per heavy atom. The van der Waals surface area contributed by atoms with Gasteiger partial charge in [-0.25, -0.2) is 4.98 Å². The minimum atomic E-state index is -0.0772. The lowest BCUT2D eigenvalue weighted by Gasteiger charge is -2.17. The summed E-state index contributed by atoms with van der Waals surface area (Å²) in [5.74, 6) is -0.0772. The quantitative estimate of drug-likeness (QED) is 0.460. The van der Waals surface area contributed by atoms with E-state index in [1.165, 1.54) is 5.56 Å². The molecule has 0 aliphatic rings. The van der Waals surface area contributed by atoms with Gasteiger partial charge in [0.15, 0.2) is 5.69 Å². The summed E-state index contributed by atoms with van der Waals surface area (Å²) in [7, 11) is 3.73. The topological polar surface area (TPSA) is 67.5 Å². The second kappa shape index (κ2) is 8.92. The number of fused-ring (bicyclic) bond motifs is 1. The zero-order chi connectivity index (χ0) is 20.9. The normalized spacial score (nSPS) is 11.1. The van der Waals surface area contributed by atoms with Gasteiger partial charge in [-0.05, 0) is 36.2 Å². The van der Waals surface area contributed by atoms with Crippen LogP contribution in [-0.2, 0) is 26.6 Å². The number of nitrogens with zero attached hydrogens (tertiary/aromatic N) is 5. The molecule has 4 rings (SSSR count). The molecule has 7 heteroatoms. The van der Waals surface area contributed by atoms with Crippen LogP contribution in [0, 0.1) is 0 Å². The SMILES string of the molecule is CN(Cc1ccccc1)C(=O)c1nc2ccccn2c1CNCCc1cnn(C)c1. The van der Waals surface area contributed by atoms with Crippen molar-refractivity contribution in [2.24, 2.45) is 7.05 Å². The van der Waals surface area contributed by atoms with Crippen LogP contribution in [0.5, 0.6) is 0 Å². The van der Waals surface area contributed by atoms with Crippen LogP contribution in [0.3, 0.4) is 0 Å². The fraction of sp³-hybridized carbons (Fsp3) is 0.261. The number of rotatable bonds is 8. The number of imidazole rings is 1. The lowest BCUT2D eigenvalue weighted by molar-refractivity contribution is 0.0778. The summed E-state index contributed by atoms with van der Waals surface area (Å²) >= 11 is 0. The number of hydrogen-bond acceptors (Lipinski definition) is 4. The van der Waals surface area contributed by atoms with E-state index in [0.717, 1.165) is 29.9 Å². The molecule has 30 heavy (non-hydrogen) atoms. The van der Waals surface area contributed by atoms with E-state index >= 15 is 0 Å². The highest BCUT2D eigenvalue weighted by Crippen LogP contribution is 2.16. The number of amides is 1. The van der Waals surface area contributed by atoms with Gasteiger partial charge in [0.25, 0.3) is 5.91 Å². The Hall–Kier alpha value is -3.45. The third kappa shape index (κ3) is 4.41. The summed E-state index contributed by atoms with van der Waals surface area (Å²) in [6.45, 7) is 1.90. The van der Waals surface area contributed by atoms with Gasteiger partial charge in [-0.15, -0.1) is 0 Å². The van der Waals surface area contributed by atoms with Gasteiger partial charge in [-0.3, -0.25) is 9.48 Å². The van der Waals surface area contributed by atoms with Crippen LogP contribution in [0.1, 0.15) is 27.3 Å². The molecule has 0 unspecified atom stereocenters. The van der Waals surface area contributed by atoms with E-state index in [2.05, 4.69) is 15.4 Å². The largest absolute Gasteiger partial charge is 0.336 e. The first-order valence-electron chi connectivity index (χ1n) is 10.1. The van der Waals surface area contributed by atoms with Crippen molar-refractivity contribution in [3.05, 3.63) is 89.6 Å². The molecule has 0 atom stereocenters. The van der Waals surface area contributed by atoms with Crippen molar-refractivity contribution < 1.29 is 4.79 Å². The fourth-order valence-electron chi connectivity index (χ4n) is 3.54. The molecule has 7 nitrogen and oxygen atoms in total. The maximum absolute atomic E-state index is 13.2. The number of nitrogens with one attached hydrogen (secondary N) is 1. The molecule has 0 aliphatic heterocycles. The Morgan fingerprint density at radius 2 is 1.90 bits per heavy atom. The van der Waals surface area contributed by atoms with E-state index in [1.807, 2.05) is 85.6 Å². The number of carbonyl (C=O) groups excluding carboxylic acids is 1. The van der Waals surface area contributed by atoms with Gasteiger partial charge < -0.3 is 14.6 Å². The Kier molecular flexibility index (Phi) is 5.90. The van der Waals surface area contributed by atoms with Gasteiger partial charge in [0.2, 0.25) is 0 Å². The van der Waals surface area contributed by atoms with Gasteiger partial charge in [-0.2, -0.15) is 5.10 Å². The van der Waals surface area contributed by atoms with Crippen LogP contribution < -0.4 is 5.32 Å². The number of pyridine rings is 1. The molecule has 3 aromatic heterocycles. The van der Waals surface area contributed by atoms with Crippen LogP contribution in [-0.4, -0.2) is 43.6 Å². The van der Waals surface area contributed by atoms with Crippen molar-refractivity contribution in [1.29, 1.82) is 0 Å². The summed E-state index contributed by atoms with van der Waals surface area (Å²) < 4.78 is 3.79. The molecule has 0 saturated carbocycles. The van der Waals surface area contributed by atoms with Gasteiger partial charge in [0.05, 0.1) is 11.9 Å². The van der Waals surface area contributed by atoms with Crippen LogP contribution in [0.25, 0.3) is 5.65 Å². The van der Waals surface area contributed by atoms with Crippen LogP contribution in [0.2, 0.25) is 0 Å². The third-order valence-corrected chi connectivity index (χ3v) is 5.08. The van der Waals surface area contributed by atoms with Gasteiger partial charge >= 0.3 is 0 Å². The number of benzene rings is 1. The first-order chi connectivity index (χ1) is 14.6. The zero-order valence-corrected chi connectivity index (χ0v) is 17.3. The van der Waals surface area contributed by atoms with E-state index in [-0.39, 0.29) is 5.91 Å². The molecule has 154 valence electrons. The van der Waals surface area contributed by atoms with Crippen molar-refractivity contribution >= 4 is 11.6 Å². The third-order valence-electron chi connectivity index (χ3n) is 5.08. The van der Waals surface area contributed by atoms with Crippen molar-refractivity contribution in [1.82, 2.24) is 29.4 Å². The molecule has 0 bridgehead atoms. The first-order valence-corrected chi connectivity index (χ1v) is 10.1. The molecular formula is C23H26N6O. The second-order valence-electron chi connectivity index (χ2n) is 7.43. The average Bonchev–Trinajstić information content (AvgIpc) is 3.34. The minimum absolute atomic E-state index is 0.0772. The van der Waals surface area contributed by atoms with E-state index < -0.39 is 0 Å². The second-order valence-corrected chi connectivity index (χ2v) is 7.43. The molecule has 4 aromatic rings. The highest BCUT2D eigenvalue weighted by Gasteiger charge is 2.21. The Balaban J connectivity index is 1.50. The predicted molar refractivity (Wildman–Crippen MR) is 116 cm³/mol. The molecule has 0 saturated heterocycles. The molecule has 1 N–H and O–H groups in total. The summed E-state index contributed by atoms with van der Waals surface area (Å²) in [4.78, 5) is 19.6. The molecule has 0 fully saturated rings. The Morgan fingerprint density at radius 3 is 2.67 bits per heavy atom. The molecule has 1 aromatic carbocycles. The maximum atomic E-state index is 13.2. The summed E-state index contributed by atoms with van der Waals surface area (Å²) in [6.07, 6.45) is 6.73. The highest BCUT2D eigenvalue weighted by atomic mass is 16.2. The van der Waals surface area contributed by atoms with Gasteiger partial charge in [0.1, 0.15) is 5.65 Å². The smallest absolute Gasteiger partial charge is 0.274 e. The van der Waals surface area contributed by atoms with Gasteiger partial charge in [0, 0.05) is 39.6 Å². The van der Waals surface area contributed by atoms with E-state index in [0.29, 0.717) is 18.8 Å². The monoisotopic (exact) mass is 402 g/mol. The van der Waals surface area contributed by atoms with E-state index in [4.69, 9.17) is 0 Å². The lowest BCUT2D eigenvalue weighted by Crippen LogP contribution is -2.28. The maximum Gasteiger partial charge on any atom is 0.274 e. The predicted octanol–water partition coefficient (Wildman–Crippen LogP) is 2.67. The molecule has 0 aliphatic carbocycles. The summed E-state index contributed by atoms with van der Waals surface area (Å²) in [5, 5.41) is 7.65. The minimum Gasteiger partial charge on any atom is -0.336 e. The fourth-order valence-corrected chi connectivity index (χ4v) is 3.54. The van der Waals surface area contributed by atoms with Crippen molar-refractivity contribution in [2.75, 3.05) is 13.6 Å². The summed E-state index contributed by atoms with van der Waals surface area (Å²) in [5.41, 5.74) is 4.42. The van der Waals surface area contributed by atoms with Crippen molar-refractivity contribution in [3.8, 4) is 0 Å². The van der Waals surface area contributed by atoms with Crippen LogP contribution in [0.4, 0.5) is 0 Å². The van der Waals surface area contributed by atoms with E-state index in [9.17, 15) is 4.79 Å². The molecule has 0 radical (unpaired) electrons. The molecule has 1 amide bonds. The lowest BCUT2D eigenvalue weighted by atomic mass is 10.2. The van der Waals surface area contributed by atoms with Crippen LogP contribution >= 0.6 is 0 Å². The summed E-state index contributed by atoms with van der Waals surface area (Å²) in [6, 6.07) is 15.8. The van der Waals surface area contributed by atoms with Crippen molar-refractivity contribution in [3.63, 3.8) is 0 Å². The molecular weight excluding hydrogens is 376 g/mol. The first kappa shape index (κ1) is 19.8. The number of carbonyl (C=O) groups is 1. The highest BCUT2D eigenvalue weighted by molar-refractivity contribution is 5.94. The van der Waals surface area contributed by atoms with E-state index in [1.54, 1.807) is 9.58 Å². The van der Waals surface area contributed by atoms with Crippen LogP contribution in [0.15, 0.2) is 67.1 Å². The number of hydrogen-bond donors (Lipinski definition) is 1.